The van der Waals surface area contributed by atoms with Crippen LogP contribution >= 0.6 is 0 Å². The summed E-state index contributed by atoms with van der Waals surface area (Å²) in [6.07, 6.45) is 0. The van der Waals surface area contributed by atoms with Crippen LogP contribution in [0.15, 0.2) is 0 Å². The summed E-state index contributed by atoms with van der Waals surface area (Å²) in [6.45, 7) is 7.01. The Bertz CT molecular complexity index is 121. The van der Waals surface area contributed by atoms with Gasteiger partial charge in [-0.3, -0.25) is 0 Å². The topological polar surface area (TPSA) is 18.5 Å². The monoisotopic (exact) mass is 220 g/mol. The summed E-state index contributed by atoms with van der Waals surface area (Å²) in [5.41, 5.74) is 0.477. The predicted molar refractivity (Wildman–Crippen MR) is 63.7 cm³/mol. The summed E-state index contributed by atoms with van der Waals surface area (Å²) in [6, 6.07) is 2.58. The molecule has 0 fully saturated rings. The molecule has 2 nitrogen and oxygen atoms in total. The van der Waals surface area contributed by atoms with Crippen molar-refractivity contribution in [1.82, 2.24) is 0 Å². The van der Waals surface area contributed by atoms with Crippen LogP contribution in [0.1, 0.15) is 20.8 Å². The fourth-order valence-electron chi connectivity index (χ4n) is 1.37. The lowest BCUT2D eigenvalue weighted by atomic mass is 9.83. The van der Waals surface area contributed by atoms with Gasteiger partial charge < -0.3 is 8.85 Å². The molecule has 0 aromatic heterocycles. The Morgan fingerprint density at radius 3 is 1.69 bits per heavy atom. The van der Waals surface area contributed by atoms with Crippen LogP contribution in [0.4, 0.5) is 0 Å². The Balaban J connectivity index is 4.00. The van der Waals surface area contributed by atoms with Gasteiger partial charge in [-0.25, -0.2) is 0 Å². The molecule has 13 heavy (non-hydrogen) atoms. The molecule has 0 aromatic carbocycles. The van der Waals surface area contributed by atoms with E-state index >= 15 is 0 Å². The Morgan fingerprint density at radius 2 is 1.46 bits per heavy atom. The summed E-state index contributed by atoms with van der Waals surface area (Å²) in [5.74, 6) is 0.748. The van der Waals surface area contributed by atoms with Gasteiger partial charge in [-0.05, 0) is 23.4 Å². The molecule has 4 heteroatoms. The molecule has 80 valence electrons. The van der Waals surface area contributed by atoms with Crippen LogP contribution in [-0.4, -0.2) is 33.7 Å². The van der Waals surface area contributed by atoms with E-state index in [1.807, 2.05) is 14.2 Å². The van der Waals surface area contributed by atoms with Gasteiger partial charge in [-0.2, -0.15) is 0 Å². The third-order valence-corrected chi connectivity index (χ3v) is 6.66. The minimum Gasteiger partial charge on any atom is -0.427 e. The fraction of sp³-hybridized carbons (Fsp3) is 1.00. The van der Waals surface area contributed by atoms with Crippen LogP contribution in [0.5, 0.6) is 0 Å². The van der Waals surface area contributed by atoms with Crippen LogP contribution in [0.2, 0.25) is 12.1 Å². The molecule has 0 saturated carbocycles. The van der Waals surface area contributed by atoms with Gasteiger partial charge in [0.2, 0.25) is 0 Å². The molecule has 0 aliphatic carbocycles. The van der Waals surface area contributed by atoms with Crippen molar-refractivity contribution in [3.63, 3.8) is 0 Å². The highest BCUT2D eigenvalue weighted by molar-refractivity contribution is 6.29. The van der Waals surface area contributed by atoms with Gasteiger partial charge in [0.1, 0.15) is 0 Å². The van der Waals surface area contributed by atoms with E-state index in [0.29, 0.717) is 5.41 Å². The normalized spacial score (nSPS) is 18.0. The van der Waals surface area contributed by atoms with Gasteiger partial charge in [-0.15, -0.1) is 0 Å². The summed E-state index contributed by atoms with van der Waals surface area (Å²) < 4.78 is 10.6. The summed E-state index contributed by atoms with van der Waals surface area (Å²) >= 11 is 0. The molecule has 0 saturated heterocycles. The number of rotatable bonds is 7. The Kier molecular flexibility index (Phi) is 6.94. The van der Waals surface area contributed by atoms with Crippen molar-refractivity contribution in [2.45, 2.75) is 32.9 Å². The maximum Gasteiger partial charge on any atom is 0.161 e. The highest BCUT2D eigenvalue weighted by Gasteiger charge is 2.27. The molecule has 0 atom stereocenters. The molecule has 0 aliphatic heterocycles. The zero-order valence-electron chi connectivity index (χ0n) is 9.72. The van der Waals surface area contributed by atoms with Crippen molar-refractivity contribution in [1.29, 1.82) is 0 Å². The third kappa shape index (κ3) is 4.95. The minimum absolute atomic E-state index is 0.287. The van der Waals surface area contributed by atoms with Crippen molar-refractivity contribution >= 4 is 19.5 Å². The first-order valence-corrected chi connectivity index (χ1v) is 8.20. The highest BCUT2D eigenvalue weighted by atomic mass is 28.2. The van der Waals surface area contributed by atoms with Crippen molar-refractivity contribution in [3.05, 3.63) is 0 Å². The molecule has 0 N–H and O–H groups in total. The first-order valence-electron chi connectivity index (χ1n) is 5.04. The van der Waals surface area contributed by atoms with Gasteiger partial charge in [0.05, 0.1) is 0 Å². The summed E-state index contributed by atoms with van der Waals surface area (Å²) in [5, 5.41) is 0. The average molecular weight is 220 g/mol. The molecule has 0 rings (SSSR count). The molecule has 0 aromatic rings. The van der Waals surface area contributed by atoms with Crippen LogP contribution in [-0.2, 0) is 8.85 Å². The standard InChI is InChI=1S/C9H24O2Si2/c1-8(2)9(3,6-12-10-4)7-13-11-5/h8H,6-7,12-13H2,1-5H3. The molecule has 0 spiro atoms. The predicted octanol–water partition coefficient (Wildman–Crippen LogP) is 0.946. The van der Waals surface area contributed by atoms with Crippen molar-refractivity contribution in [3.8, 4) is 0 Å². The van der Waals surface area contributed by atoms with Gasteiger partial charge >= 0.3 is 0 Å². The van der Waals surface area contributed by atoms with E-state index in [4.69, 9.17) is 8.85 Å². The van der Waals surface area contributed by atoms with Crippen LogP contribution < -0.4 is 0 Å². The SMILES string of the molecule is CO[SiH2]CC(C)(C[SiH2]OC)C(C)C. The molecular formula is C9H24O2Si2. The fourth-order valence-corrected chi connectivity index (χ4v) is 4.87. The molecule has 0 heterocycles. The van der Waals surface area contributed by atoms with E-state index in [9.17, 15) is 0 Å². The van der Waals surface area contributed by atoms with E-state index in [1.54, 1.807) is 0 Å². The molecule has 0 amide bonds. The Morgan fingerprint density at radius 1 is 1.08 bits per heavy atom. The molecule has 0 bridgehead atoms. The second-order valence-corrected chi connectivity index (χ2v) is 7.27. The Hall–Kier alpha value is 0.354. The average Bonchev–Trinajstić information content (AvgIpc) is 2.11. The lowest BCUT2D eigenvalue weighted by Crippen LogP contribution is -2.27. The molecule has 0 unspecified atom stereocenters. The summed E-state index contributed by atoms with van der Waals surface area (Å²) in [7, 11) is 3.10. The van der Waals surface area contributed by atoms with E-state index < -0.39 is 0 Å². The maximum atomic E-state index is 5.28. The zero-order chi connectivity index (χ0) is 10.3. The van der Waals surface area contributed by atoms with Crippen LogP contribution in [0.25, 0.3) is 0 Å². The number of hydrogen-bond donors (Lipinski definition) is 0. The minimum atomic E-state index is -0.287. The van der Waals surface area contributed by atoms with E-state index in [0.717, 1.165) is 5.92 Å². The molecular weight excluding hydrogens is 196 g/mol. The number of hydrogen-bond acceptors (Lipinski definition) is 2. The largest absolute Gasteiger partial charge is 0.427 e. The Labute approximate surface area is 87.3 Å². The zero-order valence-corrected chi connectivity index (χ0v) is 12.6. The lowest BCUT2D eigenvalue weighted by molar-refractivity contribution is 0.262. The van der Waals surface area contributed by atoms with E-state index in [1.165, 1.54) is 12.1 Å². The van der Waals surface area contributed by atoms with Crippen LogP contribution in [0, 0.1) is 11.3 Å². The second-order valence-electron chi connectivity index (χ2n) is 4.29. The third-order valence-electron chi connectivity index (χ3n) is 3.15. The second kappa shape index (κ2) is 6.76. The lowest BCUT2D eigenvalue weighted by Gasteiger charge is -2.33. The van der Waals surface area contributed by atoms with Crippen molar-refractivity contribution < 1.29 is 8.85 Å². The highest BCUT2D eigenvalue weighted by Crippen LogP contribution is 2.35. The van der Waals surface area contributed by atoms with Crippen LogP contribution in [0.3, 0.4) is 0 Å². The molecule has 0 radical (unpaired) electrons. The first kappa shape index (κ1) is 13.4. The van der Waals surface area contributed by atoms with Gasteiger partial charge in [0.15, 0.2) is 19.5 Å². The van der Waals surface area contributed by atoms with E-state index in [-0.39, 0.29) is 19.5 Å². The van der Waals surface area contributed by atoms with Gasteiger partial charge in [0, 0.05) is 14.2 Å². The van der Waals surface area contributed by atoms with E-state index in [2.05, 4.69) is 20.8 Å². The smallest absolute Gasteiger partial charge is 0.161 e. The quantitative estimate of drug-likeness (QED) is 0.595. The summed E-state index contributed by atoms with van der Waals surface area (Å²) in [4.78, 5) is 0. The van der Waals surface area contributed by atoms with Crippen molar-refractivity contribution in [2.24, 2.45) is 11.3 Å². The molecule has 0 aliphatic rings. The van der Waals surface area contributed by atoms with Gasteiger partial charge in [0.25, 0.3) is 0 Å². The van der Waals surface area contributed by atoms with Crippen molar-refractivity contribution in [2.75, 3.05) is 14.2 Å². The van der Waals surface area contributed by atoms with Gasteiger partial charge in [-0.1, -0.05) is 20.8 Å². The maximum absolute atomic E-state index is 5.28. The first-order chi connectivity index (χ1) is 6.06.